The molecule has 0 spiro atoms. The first-order chi connectivity index (χ1) is 13.7. The summed E-state index contributed by atoms with van der Waals surface area (Å²) in [5.41, 5.74) is 2.46. The number of anilines is 1. The lowest BCUT2D eigenvalue weighted by atomic mass is 10.1. The molecule has 0 atom stereocenters. The molecule has 28 heavy (non-hydrogen) atoms. The molecule has 0 radical (unpaired) electrons. The first-order valence-corrected chi connectivity index (χ1v) is 11.7. The number of halogens is 1. The smallest absolute Gasteiger partial charge is 0.236 e. The molecule has 1 amide bonds. The number of aromatic nitrogens is 1. The minimum absolute atomic E-state index is 0.0137. The molecule has 1 aromatic heterocycles. The van der Waals surface area contributed by atoms with Crippen LogP contribution in [0.2, 0.25) is 0 Å². The molecule has 3 aromatic rings. The van der Waals surface area contributed by atoms with E-state index in [1.54, 1.807) is 11.3 Å². The summed E-state index contributed by atoms with van der Waals surface area (Å²) in [7, 11) is 0. The van der Waals surface area contributed by atoms with E-state index in [9.17, 15) is 4.79 Å². The Morgan fingerprint density at radius 2 is 1.96 bits per heavy atom. The first kappa shape index (κ1) is 19.6. The molecule has 1 aliphatic rings. The van der Waals surface area contributed by atoms with Crippen LogP contribution in [-0.2, 0) is 24.3 Å². The number of carbonyl (C=O) groups excluding carboxylic acids is 1. The van der Waals surface area contributed by atoms with Gasteiger partial charge < -0.3 is 5.32 Å². The Morgan fingerprint density at radius 1 is 1.18 bits per heavy atom. The zero-order valence-electron chi connectivity index (χ0n) is 15.2. The molecular weight excluding hydrogens is 454 g/mol. The van der Waals surface area contributed by atoms with E-state index in [0.717, 1.165) is 41.1 Å². The Kier molecular flexibility index (Phi) is 6.47. The SMILES string of the molecule is O=C(CSc1ccc(Br)cc1)Nc1nc2c(s1)CN(Cc1ccccc1)CC2. The zero-order valence-corrected chi connectivity index (χ0v) is 18.4. The molecule has 0 fully saturated rings. The summed E-state index contributed by atoms with van der Waals surface area (Å²) in [6.45, 7) is 2.84. The van der Waals surface area contributed by atoms with Crippen molar-refractivity contribution in [1.29, 1.82) is 0 Å². The Bertz CT molecular complexity index is 944. The number of benzene rings is 2. The van der Waals surface area contributed by atoms with Gasteiger partial charge in [0.15, 0.2) is 5.13 Å². The van der Waals surface area contributed by atoms with Gasteiger partial charge in [-0.25, -0.2) is 4.98 Å². The number of carbonyl (C=O) groups is 1. The number of hydrogen-bond acceptors (Lipinski definition) is 5. The van der Waals surface area contributed by atoms with Gasteiger partial charge in [-0.3, -0.25) is 9.69 Å². The van der Waals surface area contributed by atoms with E-state index >= 15 is 0 Å². The molecule has 4 nitrogen and oxygen atoms in total. The molecule has 0 saturated carbocycles. The second-order valence-corrected chi connectivity index (χ2v) is 9.67. The van der Waals surface area contributed by atoms with Crippen LogP contribution in [0.3, 0.4) is 0 Å². The quantitative estimate of drug-likeness (QED) is 0.500. The van der Waals surface area contributed by atoms with Gasteiger partial charge in [0.1, 0.15) is 0 Å². The molecule has 0 unspecified atom stereocenters. The number of nitrogens with one attached hydrogen (secondary N) is 1. The van der Waals surface area contributed by atoms with Crippen LogP contribution in [0.1, 0.15) is 16.1 Å². The number of fused-ring (bicyclic) bond motifs is 1. The molecule has 4 rings (SSSR count). The zero-order chi connectivity index (χ0) is 19.3. The third kappa shape index (κ3) is 5.23. The largest absolute Gasteiger partial charge is 0.301 e. The van der Waals surface area contributed by atoms with E-state index in [1.807, 2.05) is 30.3 Å². The van der Waals surface area contributed by atoms with E-state index in [-0.39, 0.29) is 5.91 Å². The Labute approximate surface area is 181 Å². The van der Waals surface area contributed by atoms with Gasteiger partial charge in [0, 0.05) is 40.3 Å². The second kappa shape index (κ2) is 9.22. The summed E-state index contributed by atoms with van der Waals surface area (Å²) in [5.74, 6) is 0.367. The van der Waals surface area contributed by atoms with Gasteiger partial charge in [0.25, 0.3) is 0 Å². The molecule has 2 heterocycles. The molecule has 0 saturated heterocycles. The molecule has 0 aliphatic carbocycles. The van der Waals surface area contributed by atoms with E-state index in [4.69, 9.17) is 0 Å². The van der Waals surface area contributed by atoms with Crippen molar-refractivity contribution in [3.8, 4) is 0 Å². The van der Waals surface area contributed by atoms with Gasteiger partial charge in [-0.2, -0.15) is 0 Å². The van der Waals surface area contributed by atoms with Crippen LogP contribution in [0.15, 0.2) is 64.0 Å². The van der Waals surface area contributed by atoms with Crippen molar-refractivity contribution in [2.45, 2.75) is 24.4 Å². The van der Waals surface area contributed by atoms with Crippen molar-refractivity contribution >= 4 is 50.1 Å². The number of hydrogen-bond donors (Lipinski definition) is 1. The number of nitrogens with zero attached hydrogens (tertiary/aromatic N) is 2. The fourth-order valence-corrected chi connectivity index (χ4v) is 5.14. The van der Waals surface area contributed by atoms with Crippen LogP contribution in [0, 0.1) is 0 Å². The summed E-state index contributed by atoms with van der Waals surface area (Å²) >= 11 is 6.55. The van der Waals surface area contributed by atoms with E-state index in [1.165, 1.54) is 22.2 Å². The number of thioether (sulfide) groups is 1. The molecule has 0 bridgehead atoms. The third-order valence-corrected chi connectivity index (χ3v) is 7.03. The normalized spacial score (nSPS) is 13.9. The highest BCUT2D eigenvalue weighted by molar-refractivity contribution is 9.10. The summed E-state index contributed by atoms with van der Waals surface area (Å²) < 4.78 is 1.04. The fraction of sp³-hybridized carbons (Fsp3) is 0.238. The topological polar surface area (TPSA) is 45.2 Å². The van der Waals surface area contributed by atoms with Gasteiger partial charge in [-0.05, 0) is 29.8 Å². The van der Waals surface area contributed by atoms with Crippen LogP contribution in [0.4, 0.5) is 5.13 Å². The van der Waals surface area contributed by atoms with Gasteiger partial charge >= 0.3 is 0 Å². The number of thiazole rings is 1. The molecule has 144 valence electrons. The second-order valence-electron chi connectivity index (χ2n) is 6.63. The highest BCUT2D eigenvalue weighted by Gasteiger charge is 2.21. The summed E-state index contributed by atoms with van der Waals surface area (Å²) in [6, 6.07) is 18.5. The van der Waals surface area contributed by atoms with E-state index < -0.39 is 0 Å². The Morgan fingerprint density at radius 3 is 2.75 bits per heavy atom. The molecular formula is C21H20BrN3OS2. The summed E-state index contributed by atoms with van der Waals surface area (Å²) in [4.78, 5) is 21.7. The average molecular weight is 474 g/mol. The van der Waals surface area contributed by atoms with Crippen molar-refractivity contribution in [2.75, 3.05) is 17.6 Å². The monoisotopic (exact) mass is 473 g/mol. The van der Waals surface area contributed by atoms with Gasteiger partial charge in [0.2, 0.25) is 5.91 Å². The predicted molar refractivity (Wildman–Crippen MR) is 120 cm³/mol. The average Bonchev–Trinajstić information content (AvgIpc) is 3.10. The molecule has 1 aliphatic heterocycles. The van der Waals surface area contributed by atoms with Crippen molar-refractivity contribution < 1.29 is 4.79 Å². The van der Waals surface area contributed by atoms with Crippen molar-refractivity contribution in [2.24, 2.45) is 0 Å². The maximum Gasteiger partial charge on any atom is 0.236 e. The van der Waals surface area contributed by atoms with Gasteiger partial charge in [-0.15, -0.1) is 23.1 Å². The Hall–Kier alpha value is -1.67. The van der Waals surface area contributed by atoms with Crippen LogP contribution in [0.25, 0.3) is 0 Å². The number of rotatable bonds is 6. The van der Waals surface area contributed by atoms with Gasteiger partial charge in [0.05, 0.1) is 11.4 Å². The maximum atomic E-state index is 12.3. The minimum atomic E-state index is -0.0137. The fourth-order valence-electron chi connectivity index (χ4n) is 3.11. The highest BCUT2D eigenvalue weighted by Crippen LogP contribution is 2.29. The molecule has 2 aromatic carbocycles. The first-order valence-electron chi connectivity index (χ1n) is 9.09. The van der Waals surface area contributed by atoms with Crippen molar-refractivity contribution in [3.05, 3.63) is 75.2 Å². The van der Waals surface area contributed by atoms with Crippen molar-refractivity contribution in [1.82, 2.24) is 9.88 Å². The maximum absolute atomic E-state index is 12.3. The Balaban J connectivity index is 1.31. The molecule has 1 N–H and O–H groups in total. The summed E-state index contributed by atoms with van der Waals surface area (Å²) in [5, 5.41) is 3.68. The van der Waals surface area contributed by atoms with Crippen LogP contribution < -0.4 is 5.32 Å². The number of amides is 1. The lowest BCUT2D eigenvalue weighted by Gasteiger charge is -2.25. The van der Waals surface area contributed by atoms with E-state index in [2.05, 4.69) is 55.4 Å². The minimum Gasteiger partial charge on any atom is -0.301 e. The van der Waals surface area contributed by atoms with Crippen LogP contribution >= 0.6 is 39.0 Å². The van der Waals surface area contributed by atoms with Gasteiger partial charge in [-0.1, -0.05) is 46.3 Å². The van der Waals surface area contributed by atoms with Crippen LogP contribution in [0.5, 0.6) is 0 Å². The van der Waals surface area contributed by atoms with E-state index in [0.29, 0.717) is 10.9 Å². The van der Waals surface area contributed by atoms with Crippen molar-refractivity contribution in [3.63, 3.8) is 0 Å². The predicted octanol–water partition coefficient (Wildman–Crippen LogP) is 5.19. The van der Waals surface area contributed by atoms with Crippen LogP contribution in [-0.4, -0.2) is 28.1 Å². The lowest BCUT2D eigenvalue weighted by Crippen LogP contribution is -2.29. The summed E-state index contributed by atoms with van der Waals surface area (Å²) in [6.07, 6.45) is 0.933. The lowest BCUT2D eigenvalue weighted by molar-refractivity contribution is -0.113. The standard InChI is InChI=1S/C21H20BrN3OS2/c22-16-6-8-17(9-7-16)27-14-20(26)24-21-23-18-10-11-25(13-19(18)28-21)12-15-4-2-1-3-5-15/h1-9H,10-14H2,(H,23,24,26). The third-order valence-electron chi connectivity index (χ3n) is 4.49. The highest BCUT2D eigenvalue weighted by atomic mass is 79.9. The molecule has 7 heteroatoms.